The molecule has 1 aliphatic heterocycles. The quantitative estimate of drug-likeness (QED) is 0.875. The number of rotatable bonds is 2. The Morgan fingerprint density at radius 3 is 2.67 bits per heavy atom. The molecule has 3 rings (SSSR count). The average Bonchev–Trinajstić information content (AvgIpc) is 2.84. The molecule has 1 aliphatic rings. The Kier molecular flexibility index (Phi) is 3.06. The Bertz CT molecular complexity index is 550. The maximum Gasteiger partial charge on any atom is 0.0841 e. The molecular weight excluding hydrogens is 224 g/mol. The van der Waals surface area contributed by atoms with Crippen LogP contribution in [-0.2, 0) is 4.74 Å². The van der Waals surface area contributed by atoms with Gasteiger partial charge in [-0.25, -0.2) is 0 Å². The molecule has 2 aromatic rings. The summed E-state index contributed by atoms with van der Waals surface area (Å²) in [4.78, 5) is 0. The first-order valence-electron chi connectivity index (χ1n) is 6.52. The van der Waals surface area contributed by atoms with Crippen LogP contribution >= 0.6 is 0 Å². The Hall–Kier alpha value is -1.38. The fourth-order valence-electron chi connectivity index (χ4n) is 2.73. The van der Waals surface area contributed by atoms with E-state index in [0.717, 1.165) is 12.0 Å². The fourth-order valence-corrected chi connectivity index (χ4v) is 2.73. The molecule has 2 heteroatoms. The summed E-state index contributed by atoms with van der Waals surface area (Å²) < 4.78 is 5.54. The van der Waals surface area contributed by atoms with Crippen LogP contribution in [0.2, 0.25) is 0 Å². The highest BCUT2D eigenvalue weighted by Gasteiger charge is 2.29. The van der Waals surface area contributed by atoms with E-state index in [1.54, 1.807) is 0 Å². The fraction of sp³-hybridized carbons (Fsp3) is 0.375. The number of aliphatic hydroxyl groups excluding tert-OH is 1. The molecule has 0 radical (unpaired) electrons. The van der Waals surface area contributed by atoms with Crippen LogP contribution in [0.15, 0.2) is 42.5 Å². The topological polar surface area (TPSA) is 29.5 Å². The molecule has 94 valence electrons. The molecule has 0 aromatic heterocycles. The smallest absolute Gasteiger partial charge is 0.0841 e. The van der Waals surface area contributed by atoms with Gasteiger partial charge in [0.2, 0.25) is 0 Å². The molecule has 0 bridgehead atoms. The van der Waals surface area contributed by atoms with Crippen LogP contribution in [0, 0.1) is 5.92 Å². The summed E-state index contributed by atoms with van der Waals surface area (Å²) in [5.74, 6) is 0.223. The maximum atomic E-state index is 10.4. The van der Waals surface area contributed by atoms with Crippen molar-refractivity contribution >= 4 is 10.8 Å². The van der Waals surface area contributed by atoms with Crippen LogP contribution in [0.5, 0.6) is 0 Å². The van der Waals surface area contributed by atoms with Gasteiger partial charge in [0.1, 0.15) is 0 Å². The van der Waals surface area contributed by atoms with E-state index in [2.05, 4.69) is 31.2 Å². The summed E-state index contributed by atoms with van der Waals surface area (Å²) in [6, 6.07) is 14.4. The highest BCUT2D eigenvalue weighted by molar-refractivity contribution is 5.83. The molecule has 2 nitrogen and oxygen atoms in total. The van der Waals surface area contributed by atoms with Crippen LogP contribution in [0.3, 0.4) is 0 Å². The SMILES string of the molecule is CC1CC(C(O)c2ccc3ccccc3c2)CO1. The third-order valence-electron chi connectivity index (χ3n) is 3.79. The first-order chi connectivity index (χ1) is 8.74. The third-order valence-corrected chi connectivity index (χ3v) is 3.79. The zero-order chi connectivity index (χ0) is 12.5. The summed E-state index contributed by atoms with van der Waals surface area (Å²) in [5, 5.41) is 12.8. The van der Waals surface area contributed by atoms with Gasteiger partial charge in [0.15, 0.2) is 0 Å². The molecule has 1 fully saturated rings. The lowest BCUT2D eigenvalue weighted by atomic mass is 9.92. The number of hydrogen-bond acceptors (Lipinski definition) is 2. The number of aliphatic hydroxyl groups is 1. The summed E-state index contributed by atoms with van der Waals surface area (Å²) in [6.07, 6.45) is 0.790. The minimum absolute atomic E-state index is 0.223. The van der Waals surface area contributed by atoms with Gasteiger partial charge in [0, 0.05) is 5.92 Å². The van der Waals surface area contributed by atoms with Crippen LogP contribution in [-0.4, -0.2) is 17.8 Å². The second-order valence-electron chi connectivity index (χ2n) is 5.19. The van der Waals surface area contributed by atoms with Gasteiger partial charge in [-0.2, -0.15) is 0 Å². The molecule has 3 atom stereocenters. The van der Waals surface area contributed by atoms with Crippen molar-refractivity contribution in [2.24, 2.45) is 5.92 Å². The van der Waals surface area contributed by atoms with Crippen molar-refractivity contribution in [3.05, 3.63) is 48.0 Å². The van der Waals surface area contributed by atoms with Gasteiger partial charge in [-0.05, 0) is 35.7 Å². The first-order valence-corrected chi connectivity index (χ1v) is 6.52. The molecule has 18 heavy (non-hydrogen) atoms. The molecule has 2 aromatic carbocycles. The van der Waals surface area contributed by atoms with E-state index < -0.39 is 6.10 Å². The second-order valence-corrected chi connectivity index (χ2v) is 5.19. The van der Waals surface area contributed by atoms with Gasteiger partial charge >= 0.3 is 0 Å². The Balaban J connectivity index is 1.89. The summed E-state index contributed by atoms with van der Waals surface area (Å²) in [5.41, 5.74) is 0.997. The highest BCUT2D eigenvalue weighted by atomic mass is 16.5. The van der Waals surface area contributed by atoms with E-state index in [9.17, 15) is 5.11 Å². The predicted molar refractivity (Wildman–Crippen MR) is 72.4 cm³/mol. The number of ether oxygens (including phenoxy) is 1. The van der Waals surface area contributed by atoms with E-state index in [0.29, 0.717) is 6.61 Å². The van der Waals surface area contributed by atoms with Crippen molar-refractivity contribution in [3.8, 4) is 0 Å². The van der Waals surface area contributed by atoms with Gasteiger partial charge in [-0.1, -0.05) is 36.4 Å². The first kappa shape index (κ1) is 11.7. The molecule has 0 aliphatic carbocycles. The van der Waals surface area contributed by atoms with Gasteiger partial charge in [0.05, 0.1) is 18.8 Å². The standard InChI is InChI=1S/C16H18O2/c1-11-8-15(10-18-11)16(17)14-7-6-12-4-2-3-5-13(12)9-14/h2-7,9,11,15-17H,8,10H2,1H3. The monoisotopic (exact) mass is 242 g/mol. The van der Waals surface area contributed by atoms with Crippen molar-refractivity contribution in [2.75, 3.05) is 6.61 Å². The Labute approximate surface area is 107 Å². The van der Waals surface area contributed by atoms with Gasteiger partial charge in [-0.3, -0.25) is 0 Å². The molecule has 1 heterocycles. The summed E-state index contributed by atoms with van der Waals surface area (Å²) in [6.45, 7) is 2.72. The lowest BCUT2D eigenvalue weighted by Gasteiger charge is -2.17. The summed E-state index contributed by atoms with van der Waals surface area (Å²) >= 11 is 0. The minimum atomic E-state index is -0.417. The van der Waals surface area contributed by atoms with Crippen molar-refractivity contribution in [3.63, 3.8) is 0 Å². The third kappa shape index (κ3) is 2.14. The van der Waals surface area contributed by atoms with Crippen molar-refractivity contribution in [2.45, 2.75) is 25.6 Å². The van der Waals surface area contributed by atoms with E-state index in [1.807, 2.05) is 18.2 Å². The lowest BCUT2D eigenvalue weighted by Crippen LogP contribution is -2.12. The van der Waals surface area contributed by atoms with Crippen molar-refractivity contribution < 1.29 is 9.84 Å². The van der Waals surface area contributed by atoms with Crippen molar-refractivity contribution in [1.82, 2.24) is 0 Å². The van der Waals surface area contributed by atoms with E-state index in [-0.39, 0.29) is 12.0 Å². The zero-order valence-electron chi connectivity index (χ0n) is 10.5. The average molecular weight is 242 g/mol. The molecule has 1 N–H and O–H groups in total. The molecule has 1 saturated heterocycles. The van der Waals surface area contributed by atoms with Gasteiger partial charge < -0.3 is 9.84 Å². The molecule has 3 unspecified atom stereocenters. The molecule has 0 spiro atoms. The predicted octanol–water partition coefficient (Wildman–Crippen LogP) is 3.30. The van der Waals surface area contributed by atoms with E-state index in [1.165, 1.54) is 10.8 Å². The van der Waals surface area contributed by atoms with Gasteiger partial charge in [0.25, 0.3) is 0 Å². The maximum absolute atomic E-state index is 10.4. The minimum Gasteiger partial charge on any atom is -0.388 e. The van der Waals surface area contributed by atoms with Crippen LogP contribution < -0.4 is 0 Å². The Morgan fingerprint density at radius 1 is 1.17 bits per heavy atom. The number of fused-ring (bicyclic) bond motifs is 1. The van der Waals surface area contributed by atoms with Gasteiger partial charge in [-0.15, -0.1) is 0 Å². The van der Waals surface area contributed by atoms with Crippen LogP contribution in [0.1, 0.15) is 25.0 Å². The Morgan fingerprint density at radius 2 is 1.94 bits per heavy atom. The van der Waals surface area contributed by atoms with Crippen molar-refractivity contribution in [1.29, 1.82) is 0 Å². The lowest BCUT2D eigenvalue weighted by molar-refractivity contribution is 0.0805. The molecule has 0 amide bonds. The summed E-state index contributed by atoms with van der Waals surface area (Å²) in [7, 11) is 0. The number of benzene rings is 2. The highest BCUT2D eigenvalue weighted by Crippen LogP contribution is 2.32. The second kappa shape index (κ2) is 4.71. The van der Waals surface area contributed by atoms with E-state index >= 15 is 0 Å². The van der Waals surface area contributed by atoms with E-state index in [4.69, 9.17) is 4.74 Å². The number of hydrogen-bond donors (Lipinski definition) is 1. The molecular formula is C16H18O2. The zero-order valence-corrected chi connectivity index (χ0v) is 10.5. The normalized spacial score (nSPS) is 25.4. The molecule has 0 saturated carbocycles. The largest absolute Gasteiger partial charge is 0.388 e. The van der Waals surface area contributed by atoms with Crippen LogP contribution in [0.25, 0.3) is 10.8 Å². The van der Waals surface area contributed by atoms with Crippen LogP contribution in [0.4, 0.5) is 0 Å².